The number of hydrogen-bond acceptors (Lipinski definition) is 2. The minimum atomic E-state index is 0. The van der Waals surface area contributed by atoms with Gasteiger partial charge in [0.1, 0.15) is 0 Å². The molecule has 18 heavy (non-hydrogen) atoms. The van der Waals surface area contributed by atoms with Crippen LogP contribution in [0.1, 0.15) is 30.4 Å². The van der Waals surface area contributed by atoms with E-state index in [2.05, 4.69) is 54.7 Å². The molecule has 1 N–H and O–H groups in total. The van der Waals surface area contributed by atoms with Crippen molar-refractivity contribution < 1.29 is 0 Å². The molecule has 1 aliphatic rings. The number of nitrogens with one attached hydrogen (secondary N) is 1. The van der Waals surface area contributed by atoms with Crippen LogP contribution in [0.2, 0.25) is 0 Å². The Hall–Kier alpha value is -0.990. The summed E-state index contributed by atoms with van der Waals surface area (Å²) in [5.74, 6) is 0. The summed E-state index contributed by atoms with van der Waals surface area (Å²) in [5, 5.41) is 3.47. The number of rotatable bonds is 3. The molecule has 1 fully saturated rings. The van der Waals surface area contributed by atoms with E-state index in [4.69, 9.17) is 0 Å². The van der Waals surface area contributed by atoms with Crippen LogP contribution in [-0.4, -0.2) is 25.5 Å². The van der Waals surface area contributed by atoms with Crippen LogP contribution in [0.4, 0.5) is 0 Å². The third-order valence-electron chi connectivity index (χ3n) is 3.04. The van der Waals surface area contributed by atoms with Crippen molar-refractivity contribution in [1.82, 2.24) is 10.2 Å². The summed E-state index contributed by atoms with van der Waals surface area (Å²) in [7, 11) is 4.20. The topological polar surface area (TPSA) is 15.3 Å². The highest BCUT2D eigenvalue weighted by molar-refractivity contribution is 5.85. The highest BCUT2D eigenvalue weighted by atomic mass is 35.5. The average Bonchev–Trinajstić information content (AvgIpc) is 2.32. The van der Waals surface area contributed by atoms with Gasteiger partial charge in [-0.05, 0) is 50.6 Å². The van der Waals surface area contributed by atoms with Gasteiger partial charge in [0.15, 0.2) is 0 Å². The van der Waals surface area contributed by atoms with Crippen LogP contribution in [0.15, 0.2) is 30.0 Å². The van der Waals surface area contributed by atoms with Crippen molar-refractivity contribution in [2.45, 2.75) is 25.8 Å². The maximum Gasteiger partial charge on any atom is 0.0227 e. The SMILES string of the molecule is CN(C)Cc1ccc(C=C2CCCCN2)cc1.Cl. The summed E-state index contributed by atoms with van der Waals surface area (Å²) in [6.07, 6.45) is 6.09. The van der Waals surface area contributed by atoms with Crippen molar-refractivity contribution in [2.75, 3.05) is 20.6 Å². The van der Waals surface area contributed by atoms with Crippen LogP contribution in [0.3, 0.4) is 0 Å². The molecule has 1 heterocycles. The van der Waals surface area contributed by atoms with E-state index >= 15 is 0 Å². The molecule has 0 aromatic heterocycles. The predicted molar refractivity (Wildman–Crippen MR) is 80.9 cm³/mol. The van der Waals surface area contributed by atoms with Crippen LogP contribution in [0.25, 0.3) is 6.08 Å². The van der Waals surface area contributed by atoms with Gasteiger partial charge in [0.2, 0.25) is 0 Å². The number of allylic oxidation sites excluding steroid dienone is 1. The molecule has 0 unspecified atom stereocenters. The molecule has 0 bridgehead atoms. The maximum absolute atomic E-state index is 3.47. The summed E-state index contributed by atoms with van der Waals surface area (Å²) in [6.45, 7) is 2.14. The second-order valence-electron chi connectivity index (χ2n) is 5.03. The summed E-state index contributed by atoms with van der Waals surface area (Å²) in [6, 6.07) is 8.86. The molecule has 0 spiro atoms. The van der Waals surface area contributed by atoms with Crippen molar-refractivity contribution in [2.24, 2.45) is 0 Å². The lowest BCUT2D eigenvalue weighted by Gasteiger charge is -2.16. The van der Waals surface area contributed by atoms with Gasteiger partial charge < -0.3 is 10.2 Å². The standard InChI is InChI=1S/C15H22N2.ClH/c1-17(2)12-14-8-6-13(7-9-14)11-15-5-3-4-10-16-15;/h6-9,11,16H,3-5,10,12H2,1-2H3;1H. The van der Waals surface area contributed by atoms with E-state index in [1.165, 1.54) is 36.1 Å². The molecule has 1 aliphatic heterocycles. The van der Waals surface area contributed by atoms with Gasteiger partial charge in [-0.1, -0.05) is 24.3 Å². The van der Waals surface area contributed by atoms with Gasteiger partial charge in [0.25, 0.3) is 0 Å². The van der Waals surface area contributed by atoms with Crippen LogP contribution in [0, 0.1) is 0 Å². The second-order valence-corrected chi connectivity index (χ2v) is 5.03. The lowest BCUT2D eigenvalue weighted by Crippen LogP contribution is -2.19. The second kappa shape index (κ2) is 7.45. The summed E-state index contributed by atoms with van der Waals surface area (Å²) < 4.78 is 0. The first-order valence-corrected chi connectivity index (χ1v) is 6.42. The highest BCUT2D eigenvalue weighted by Gasteiger charge is 2.03. The summed E-state index contributed by atoms with van der Waals surface area (Å²) >= 11 is 0. The van der Waals surface area contributed by atoms with Crippen molar-refractivity contribution in [3.05, 3.63) is 41.1 Å². The van der Waals surface area contributed by atoms with Gasteiger partial charge in [-0.3, -0.25) is 0 Å². The molecule has 2 nitrogen and oxygen atoms in total. The van der Waals surface area contributed by atoms with E-state index in [-0.39, 0.29) is 12.4 Å². The van der Waals surface area contributed by atoms with Gasteiger partial charge in [-0.2, -0.15) is 0 Å². The number of halogens is 1. The zero-order valence-corrected chi connectivity index (χ0v) is 12.1. The molecule has 1 saturated heterocycles. The van der Waals surface area contributed by atoms with Crippen molar-refractivity contribution in [3.63, 3.8) is 0 Å². The molecule has 0 atom stereocenters. The quantitative estimate of drug-likeness (QED) is 0.903. The minimum Gasteiger partial charge on any atom is -0.388 e. The van der Waals surface area contributed by atoms with E-state index in [9.17, 15) is 0 Å². The Bertz CT molecular complexity index is 374. The smallest absolute Gasteiger partial charge is 0.0227 e. The zero-order chi connectivity index (χ0) is 12.1. The molecule has 0 aliphatic carbocycles. The van der Waals surface area contributed by atoms with Crippen LogP contribution < -0.4 is 5.32 Å². The largest absolute Gasteiger partial charge is 0.388 e. The fraction of sp³-hybridized carbons (Fsp3) is 0.467. The Morgan fingerprint density at radius 2 is 1.89 bits per heavy atom. The Labute approximate surface area is 116 Å². The molecule has 2 rings (SSSR count). The molecule has 3 heteroatoms. The fourth-order valence-corrected chi connectivity index (χ4v) is 2.19. The van der Waals surface area contributed by atoms with Gasteiger partial charge in [0.05, 0.1) is 0 Å². The average molecular weight is 267 g/mol. The van der Waals surface area contributed by atoms with Crippen molar-refractivity contribution in [3.8, 4) is 0 Å². The first-order valence-electron chi connectivity index (χ1n) is 6.42. The zero-order valence-electron chi connectivity index (χ0n) is 11.3. The first-order chi connectivity index (χ1) is 8.24. The van der Waals surface area contributed by atoms with Gasteiger partial charge in [0, 0.05) is 18.8 Å². The van der Waals surface area contributed by atoms with E-state index < -0.39 is 0 Å². The molecule has 0 radical (unpaired) electrons. The summed E-state index contributed by atoms with van der Waals surface area (Å²) in [4.78, 5) is 2.19. The van der Waals surface area contributed by atoms with Gasteiger partial charge >= 0.3 is 0 Å². The van der Waals surface area contributed by atoms with E-state index in [0.29, 0.717) is 0 Å². The molecular weight excluding hydrogens is 244 g/mol. The molecule has 0 amide bonds. The number of nitrogens with zero attached hydrogens (tertiary/aromatic N) is 1. The highest BCUT2D eigenvalue weighted by Crippen LogP contribution is 2.15. The Morgan fingerprint density at radius 3 is 2.44 bits per heavy atom. The van der Waals surface area contributed by atoms with Crippen LogP contribution in [-0.2, 0) is 6.54 Å². The number of piperidine rings is 1. The van der Waals surface area contributed by atoms with Gasteiger partial charge in [-0.15, -0.1) is 12.4 Å². The molecule has 0 saturated carbocycles. The number of benzene rings is 1. The Morgan fingerprint density at radius 1 is 1.17 bits per heavy atom. The molecule has 1 aromatic rings. The Balaban J connectivity index is 0.00000162. The van der Waals surface area contributed by atoms with Crippen LogP contribution in [0.5, 0.6) is 0 Å². The number of hydrogen-bond donors (Lipinski definition) is 1. The normalized spacial score (nSPS) is 17.4. The first kappa shape index (κ1) is 15.1. The summed E-state index contributed by atoms with van der Waals surface area (Å²) in [5.41, 5.74) is 4.06. The minimum absolute atomic E-state index is 0. The third kappa shape index (κ3) is 4.71. The Kier molecular flexibility index (Phi) is 6.23. The lowest BCUT2D eigenvalue weighted by molar-refractivity contribution is 0.402. The van der Waals surface area contributed by atoms with Crippen molar-refractivity contribution in [1.29, 1.82) is 0 Å². The molecule has 100 valence electrons. The fourth-order valence-electron chi connectivity index (χ4n) is 2.19. The van der Waals surface area contributed by atoms with E-state index in [1.54, 1.807) is 0 Å². The molecular formula is C15H23ClN2. The van der Waals surface area contributed by atoms with Crippen LogP contribution >= 0.6 is 12.4 Å². The monoisotopic (exact) mass is 266 g/mol. The van der Waals surface area contributed by atoms with E-state index in [0.717, 1.165) is 13.1 Å². The van der Waals surface area contributed by atoms with Gasteiger partial charge in [-0.25, -0.2) is 0 Å². The third-order valence-corrected chi connectivity index (χ3v) is 3.04. The predicted octanol–water partition coefficient (Wildman–Crippen LogP) is 3.28. The maximum atomic E-state index is 3.47. The van der Waals surface area contributed by atoms with Crippen molar-refractivity contribution >= 4 is 18.5 Å². The molecule has 1 aromatic carbocycles. The lowest BCUT2D eigenvalue weighted by atomic mass is 10.1. The van der Waals surface area contributed by atoms with E-state index in [1.807, 2.05) is 0 Å².